The van der Waals surface area contributed by atoms with Crippen molar-refractivity contribution in [1.29, 1.82) is 0 Å². The first kappa shape index (κ1) is 23.2. The maximum absolute atomic E-state index is 12.4. The van der Waals surface area contributed by atoms with E-state index in [1.54, 1.807) is 58.5 Å². The van der Waals surface area contributed by atoms with Gasteiger partial charge in [-0.2, -0.15) is 0 Å². The van der Waals surface area contributed by atoms with E-state index in [0.717, 1.165) is 11.1 Å². The number of carbonyl (C=O) groups excluding carboxylic acids is 1. The van der Waals surface area contributed by atoms with Gasteiger partial charge < -0.3 is 10.2 Å². The highest BCUT2D eigenvalue weighted by Gasteiger charge is 2.23. The topological polar surface area (TPSA) is 95.5 Å². The first-order chi connectivity index (χ1) is 15.1. The Hall–Kier alpha value is -3.46. The maximum Gasteiger partial charge on any atom is 0.253 e. The average molecular weight is 454 g/mol. The molecule has 32 heavy (non-hydrogen) atoms. The van der Waals surface area contributed by atoms with Crippen LogP contribution in [0.1, 0.15) is 24.2 Å². The number of rotatable bonds is 7. The molecule has 9 heteroatoms. The van der Waals surface area contributed by atoms with E-state index in [4.69, 9.17) is 0 Å². The molecule has 0 unspecified atom stereocenters. The van der Waals surface area contributed by atoms with Gasteiger partial charge in [-0.15, -0.1) is 0 Å². The van der Waals surface area contributed by atoms with E-state index in [0.29, 0.717) is 22.8 Å². The van der Waals surface area contributed by atoms with E-state index in [-0.39, 0.29) is 5.91 Å². The monoisotopic (exact) mass is 453 g/mol. The van der Waals surface area contributed by atoms with Crippen molar-refractivity contribution in [2.75, 3.05) is 30.8 Å². The lowest BCUT2D eigenvalue weighted by Crippen LogP contribution is -2.33. The van der Waals surface area contributed by atoms with Crippen LogP contribution in [-0.4, -0.2) is 55.6 Å². The summed E-state index contributed by atoms with van der Waals surface area (Å²) in [6.45, 7) is 3.28. The molecule has 0 saturated heterocycles. The molecular formula is C23H27N5O3S. The molecule has 0 fully saturated rings. The van der Waals surface area contributed by atoms with Crippen LogP contribution >= 0.6 is 0 Å². The average Bonchev–Trinajstić information content (AvgIpc) is 2.78. The minimum absolute atomic E-state index is 0.0445. The van der Waals surface area contributed by atoms with Crippen molar-refractivity contribution in [2.24, 2.45) is 0 Å². The molecule has 0 aliphatic rings. The lowest BCUT2D eigenvalue weighted by molar-refractivity contribution is 0.0827. The summed E-state index contributed by atoms with van der Waals surface area (Å²) < 4.78 is 26.1. The van der Waals surface area contributed by atoms with Crippen LogP contribution in [0.25, 0.3) is 11.1 Å². The minimum atomic E-state index is -3.44. The van der Waals surface area contributed by atoms with Crippen LogP contribution in [0.5, 0.6) is 0 Å². The van der Waals surface area contributed by atoms with Gasteiger partial charge in [-0.05, 0) is 49.7 Å². The molecule has 0 radical (unpaired) electrons. The van der Waals surface area contributed by atoms with Crippen molar-refractivity contribution in [3.8, 4) is 11.1 Å². The highest BCUT2D eigenvalue weighted by molar-refractivity contribution is 7.93. The Morgan fingerprint density at radius 2 is 1.59 bits per heavy atom. The van der Waals surface area contributed by atoms with Gasteiger partial charge in [0.2, 0.25) is 10.0 Å². The highest BCUT2D eigenvalue weighted by atomic mass is 32.2. The van der Waals surface area contributed by atoms with Gasteiger partial charge in [0.1, 0.15) is 5.82 Å². The molecular weight excluding hydrogens is 426 g/mol. The molecule has 168 valence electrons. The molecule has 8 nitrogen and oxygen atoms in total. The molecule has 2 heterocycles. The number of benzene rings is 1. The fraction of sp³-hybridized carbons (Fsp3) is 0.261. The fourth-order valence-electron chi connectivity index (χ4n) is 2.98. The molecule has 1 amide bonds. The third-order valence-electron chi connectivity index (χ3n) is 4.97. The zero-order valence-corrected chi connectivity index (χ0v) is 19.6. The molecule has 0 bridgehead atoms. The van der Waals surface area contributed by atoms with Gasteiger partial charge in [-0.25, -0.2) is 13.4 Å². The Balaban J connectivity index is 1.75. The Labute approximate surface area is 189 Å². The number of anilines is 3. The van der Waals surface area contributed by atoms with E-state index in [1.165, 1.54) is 22.4 Å². The maximum atomic E-state index is 12.4. The SMILES string of the molecule is CC(C)S(=O)(=O)N(C)c1cncc(Nc2ccc(-c3ccc(C(=O)N(C)C)cc3)cn2)c1. The van der Waals surface area contributed by atoms with Crippen LogP contribution in [-0.2, 0) is 10.0 Å². The third kappa shape index (κ3) is 5.05. The Morgan fingerprint density at radius 1 is 0.938 bits per heavy atom. The van der Waals surface area contributed by atoms with E-state index in [9.17, 15) is 13.2 Å². The molecule has 3 aromatic rings. The van der Waals surface area contributed by atoms with Crippen molar-refractivity contribution >= 4 is 33.1 Å². The van der Waals surface area contributed by atoms with Gasteiger partial charge in [-0.3, -0.25) is 14.1 Å². The van der Waals surface area contributed by atoms with E-state index in [2.05, 4.69) is 15.3 Å². The van der Waals surface area contributed by atoms with E-state index < -0.39 is 15.3 Å². The summed E-state index contributed by atoms with van der Waals surface area (Å²) in [5, 5.41) is 2.62. The molecule has 0 atom stereocenters. The summed E-state index contributed by atoms with van der Waals surface area (Å²) in [5.74, 6) is 0.554. The Kier molecular flexibility index (Phi) is 6.78. The van der Waals surface area contributed by atoms with E-state index in [1.807, 2.05) is 24.3 Å². The summed E-state index contributed by atoms with van der Waals surface area (Å²) in [6, 6.07) is 12.8. The first-order valence-corrected chi connectivity index (χ1v) is 11.6. The Morgan fingerprint density at radius 3 is 2.16 bits per heavy atom. The Bertz CT molecular complexity index is 1190. The number of hydrogen-bond donors (Lipinski definition) is 1. The van der Waals surface area contributed by atoms with Crippen LogP contribution < -0.4 is 9.62 Å². The zero-order valence-electron chi connectivity index (χ0n) is 18.8. The molecule has 0 saturated carbocycles. The number of aromatic nitrogens is 2. The summed E-state index contributed by atoms with van der Waals surface area (Å²) in [5.41, 5.74) is 3.58. The molecule has 0 aliphatic carbocycles. The van der Waals surface area contributed by atoms with Gasteiger partial charge >= 0.3 is 0 Å². The van der Waals surface area contributed by atoms with Gasteiger partial charge in [0, 0.05) is 38.5 Å². The van der Waals surface area contributed by atoms with E-state index >= 15 is 0 Å². The van der Waals surface area contributed by atoms with Crippen molar-refractivity contribution < 1.29 is 13.2 Å². The number of nitrogens with one attached hydrogen (secondary N) is 1. The van der Waals surface area contributed by atoms with Gasteiger partial charge in [0.15, 0.2) is 0 Å². The standard InChI is InChI=1S/C23H27N5O3S/c1-16(2)32(30,31)28(5)21-12-20(14-24-15-21)26-22-11-10-19(13-25-22)17-6-8-18(9-7-17)23(29)27(3)4/h6-16H,1-5H3,(H,25,26). The molecule has 2 aromatic heterocycles. The van der Waals surface area contributed by atoms with Crippen LogP contribution in [0.2, 0.25) is 0 Å². The molecule has 1 aromatic carbocycles. The fourth-order valence-corrected chi connectivity index (χ4v) is 4.01. The van der Waals surface area contributed by atoms with Crippen molar-refractivity contribution in [1.82, 2.24) is 14.9 Å². The molecule has 0 spiro atoms. The quantitative estimate of drug-likeness (QED) is 0.585. The second-order valence-corrected chi connectivity index (χ2v) is 10.3. The van der Waals surface area contributed by atoms with Crippen LogP contribution in [0.4, 0.5) is 17.2 Å². The van der Waals surface area contributed by atoms with Crippen LogP contribution in [0.15, 0.2) is 61.1 Å². The first-order valence-electron chi connectivity index (χ1n) is 10.1. The highest BCUT2D eigenvalue weighted by Crippen LogP contribution is 2.25. The van der Waals surface area contributed by atoms with Crippen molar-refractivity contribution in [2.45, 2.75) is 19.1 Å². The van der Waals surface area contributed by atoms with Crippen LogP contribution in [0.3, 0.4) is 0 Å². The summed E-state index contributed by atoms with van der Waals surface area (Å²) in [7, 11) is 1.51. The van der Waals surface area contributed by atoms with Crippen molar-refractivity contribution in [3.63, 3.8) is 0 Å². The lowest BCUT2D eigenvalue weighted by Gasteiger charge is -2.22. The third-order valence-corrected chi connectivity index (χ3v) is 7.14. The largest absolute Gasteiger partial charge is 0.345 e. The van der Waals surface area contributed by atoms with Crippen molar-refractivity contribution in [3.05, 3.63) is 66.6 Å². The normalized spacial score (nSPS) is 11.3. The predicted octanol–water partition coefficient (Wildman–Crippen LogP) is 3.76. The number of nitrogens with zero attached hydrogens (tertiary/aromatic N) is 4. The van der Waals surface area contributed by atoms with Gasteiger partial charge in [-0.1, -0.05) is 12.1 Å². The summed E-state index contributed by atoms with van der Waals surface area (Å²) in [4.78, 5) is 22.2. The summed E-state index contributed by atoms with van der Waals surface area (Å²) in [6.07, 6.45) is 4.85. The summed E-state index contributed by atoms with van der Waals surface area (Å²) >= 11 is 0. The number of hydrogen-bond acceptors (Lipinski definition) is 6. The predicted molar refractivity (Wildman–Crippen MR) is 128 cm³/mol. The molecule has 0 aliphatic heterocycles. The number of pyridine rings is 2. The smallest absolute Gasteiger partial charge is 0.253 e. The lowest BCUT2D eigenvalue weighted by atomic mass is 10.1. The minimum Gasteiger partial charge on any atom is -0.345 e. The molecule has 3 rings (SSSR count). The second kappa shape index (κ2) is 9.35. The van der Waals surface area contributed by atoms with Gasteiger partial charge in [0.25, 0.3) is 5.91 Å². The second-order valence-electron chi connectivity index (χ2n) is 7.83. The number of carbonyl (C=O) groups is 1. The van der Waals surface area contributed by atoms with Gasteiger partial charge in [0.05, 0.1) is 29.0 Å². The molecule has 1 N–H and O–H groups in total. The van der Waals surface area contributed by atoms with Crippen LogP contribution in [0, 0.1) is 0 Å². The number of amides is 1. The zero-order chi connectivity index (χ0) is 23.5. The number of sulfonamides is 1.